The van der Waals surface area contributed by atoms with Crippen molar-refractivity contribution in [1.29, 1.82) is 0 Å². The molecule has 2 aromatic carbocycles. The van der Waals surface area contributed by atoms with Crippen molar-refractivity contribution in [2.75, 3.05) is 16.8 Å². The lowest BCUT2D eigenvalue weighted by Gasteiger charge is -2.23. The maximum Gasteiger partial charge on any atom is 0.411 e. The van der Waals surface area contributed by atoms with Gasteiger partial charge in [0.15, 0.2) is 0 Å². The number of hydrogen-bond donors (Lipinski definition) is 1. The molecular formula is C19H20N2O3. The zero-order chi connectivity index (χ0) is 17.1. The number of hydrogen-bond acceptors (Lipinski definition) is 3. The van der Waals surface area contributed by atoms with E-state index < -0.39 is 6.09 Å². The molecule has 1 aliphatic heterocycles. The van der Waals surface area contributed by atoms with Gasteiger partial charge in [-0.3, -0.25) is 10.1 Å². The lowest BCUT2D eigenvalue weighted by Crippen LogP contribution is -2.35. The third kappa shape index (κ3) is 3.11. The Morgan fingerprint density at radius 3 is 2.79 bits per heavy atom. The van der Waals surface area contributed by atoms with Gasteiger partial charge >= 0.3 is 6.09 Å². The summed E-state index contributed by atoms with van der Waals surface area (Å²) in [4.78, 5) is 26.3. The molecule has 1 N–H and O–H groups in total. The highest BCUT2D eigenvalue weighted by molar-refractivity contribution is 6.08. The normalized spacial score (nSPS) is 15.8. The highest BCUT2D eigenvalue weighted by Crippen LogP contribution is 2.33. The summed E-state index contributed by atoms with van der Waals surface area (Å²) in [7, 11) is 0. The highest BCUT2D eigenvalue weighted by atomic mass is 16.5. The predicted octanol–water partition coefficient (Wildman–Crippen LogP) is 3.85. The van der Waals surface area contributed by atoms with Crippen LogP contribution in [0.25, 0.3) is 0 Å². The fourth-order valence-corrected chi connectivity index (χ4v) is 3.03. The first-order valence-electron chi connectivity index (χ1n) is 8.05. The van der Waals surface area contributed by atoms with Gasteiger partial charge in [-0.2, -0.15) is 0 Å². The molecule has 0 aliphatic carbocycles. The zero-order valence-electron chi connectivity index (χ0n) is 13.8. The molecule has 0 radical (unpaired) electrons. The lowest BCUT2D eigenvalue weighted by atomic mass is 10.1. The molecule has 1 heterocycles. The molecular weight excluding hydrogens is 304 g/mol. The Kier molecular flexibility index (Phi) is 4.51. The van der Waals surface area contributed by atoms with E-state index in [0.29, 0.717) is 17.9 Å². The van der Waals surface area contributed by atoms with Crippen molar-refractivity contribution in [1.82, 2.24) is 0 Å². The second-order valence-electron chi connectivity index (χ2n) is 5.78. The molecule has 2 aromatic rings. The van der Waals surface area contributed by atoms with Gasteiger partial charge in [-0.15, -0.1) is 0 Å². The fourth-order valence-electron chi connectivity index (χ4n) is 3.03. The molecule has 0 aromatic heterocycles. The van der Waals surface area contributed by atoms with Crippen LogP contribution in [0.1, 0.15) is 29.8 Å². The second-order valence-corrected chi connectivity index (χ2v) is 5.78. The van der Waals surface area contributed by atoms with Crippen LogP contribution in [-0.2, 0) is 11.2 Å². The Morgan fingerprint density at radius 2 is 2.00 bits per heavy atom. The van der Waals surface area contributed by atoms with E-state index in [-0.39, 0.29) is 11.9 Å². The molecule has 5 heteroatoms. The number of fused-ring (bicyclic) bond motifs is 1. The average molecular weight is 324 g/mol. The van der Waals surface area contributed by atoms with Gasteiger partial charge in [0.25, 0.3) is 5.91 Å². The van der Waals surface area contributed by atoms with Crippen LogP contribution >= 0.6 is 0 Å². The number of nitrogens with zero attached hydrogens (tertiary/aromatic N) is 1. The first-order valence-corrected chi connectivity index (χ1v) is 8.05. The van der Waals surface area contributed by atoms with Crippen LogP contribution in [0.3, 0.4) is 0 Å². The van der Waals surface area contributed by atoms with Crippen molar-refractivity contribution < 1.29 is 14.3 Å². The molecule has 3 rings (SSSR count). The second kappa shape index (κ2) is 6.74. The molecule has 1 atom stereocenters. The molecule has 1 unspecified atom stereocenters. The van der Waals surface area contributed by atoms with Crippen LogP contribution in [0, 0.1) is 0 Å². The van der Waals surface area contributed by atoms with Crippen molar-refractivity contribution in [3.63, 3.8) is 0 Å². The summed E-state index contributed by atoms with van der Waals surface area (Å²) in [5.41, 5.74) is 3.21. The van der Waals surface area contributed by atoms with Gasteiger partial charge in [0, 0.05) is 23.0 Å². The van der Waals surface area contributed by atoms with Gasteiger partial charge in [0.2, 0.25) is 0 Å². The SMILES string of the molecule is CCOC(=O)Nc1cccc(C(=O)N2c3ccccc3CC2C)c1. The van der Waals surface area contributed by atoms with Crippen LogP contribution in [0.5, 0.6) is 0 Å². The number of carbonyl (C=O) groups is 2. The largest absolute Gasteiger partial charge is 0.450 e. The van der Waals surface area contributed by atoms with Crippen LogP contribution in [-0.4, -0.2) is 24.6 Å². The highest BCUT2D eigenvalue weighted by Gasteiger charge is 2.31. The maximum atomic E-state index is 13.0. The molecule has 0 bridgehead atoms. The lowest BCUT2D eigenvalue weighted by molar-refractivity contribution is 0.0981. The predicted molar refractivity (Wildman–Crippen MR) is 93.5 cm³/mol. The molecule has 0 saturated heterocycles. The van der Waals surface area contributed by atoms with Gasteiger partial charge in [0.05, 0.1) is 6.61 Å². The standard InChI is InChI=1S/C19H20N2O3/c1-3-24-19(23)20-16-9-6-8-15(12-16)18(22)21-13(2)11-14-7-4-5-10-17(14)21/h4-10,12-13H,3,11H2,1-2H3,(H,20,23). The van der Waals surface area contributed by atoms with Gasteiger partial charge in [-0.05, 0) is 50.1 Å². The quantitative estimate of drug-likeness (QED) is 0.933. The Bertz CT molecular complexity index is 773. The Hall–Kier alpha value is -2.82. The Morgan fingerprint density at radius 1 is 1.21 bits per heavy atom. The van der Waals surface area contributed by atoms with Crippen molar-refractivity contribution in [2.45, 2.75) is 26.3 Å². The van der Waals surface area contributed by atoms with E-state index in [1.807, 2.05) is 30.0 Å². The van der Waals surface area contributed by atoms with Gasteiger partial charge in [-0.25, -0.2) is 4.79 Å². The minimum Gasteiger partial charge on any atom is -0.450 e. The van der Waals surface area contributed by atoms with E-state index in [1.165, 1.54) is 5.56 Å². The van der Waals surface area contributed by atoms with E-state index in [2.05, 4.69) is 11.4 Å². The monoisotopic (exact) mass is 324 g/mol. The molecule has 5 nitrogen and oxygen atoms in total. The number of benzene rings is 2. The third-order valence-corrected chi connectivity index (χ3v) is 4.06. The number of anilines is 2. The molecule has 124 valence electrons. The van der Waals surface area contributed by atoms with Crippen molar-refractivity contribution >= 4 is 23.4 Å². The maximum absolute atomic E-state index is 13.0. The van der Waals surface area contributed by atoms with Crippen LogP contribution in [0.15, 0.2) is 48.5 Å². The van der Waals surface area contributed by atoms with E-state index in [1.54, 1.807) is 31.2 Å². The summed E-state index contributed by atoms with van der Waals surface area (Å²) in [6, 6.07) is 15.0. The zero-order valence-corrected chi connectivity index (χ0v) is 13.8. The molecule has 0 saturated carbocycles. The molecule has 2 amide bonds. The van der Waals surface area contributed by atoms with E-state index in [4.69, 9.17) is 4.74 Å². The minimum absolute atomic E-state index is 0.0695. The number of ether oxygens (including phenoxy) is 1. The van der Waals surface area contributed by atoms with Crippen molar-refractivity contribution in [2.24, 2.45) is 0 Å². The van der Waals surface area contributed by atoms with E-state index >= 15 is 0 Å². The Labute approximate surface area is 141 Å². The number of para-hydroxylation sites is 1. The summed E-state index contributed by atoms with van der Waals surface area (Å²) in [5, 5.41) is 2.63. The average Bonchev–Trinajstić information content (AvgIpc) is 2.90. The summed E-state index contributed by atoms with van der Waals surface area (Å²) < 4.78 is 4.86. The molecule has 24 heavy (non-hydrogen) atoms. The Balaban J connectivity index is 1.84. The minimum atomic E-state index is -0.526. The number of amides is 2. The summed E-state index contributed by atoms with van der Waals surface area (Å²) >= 11 is 0. The summed E-state index contributed by atoms with van der Waals surface area (Å²) in [6.45, 7) is 4.08. The van der Waals surface area contributed by atoms with Gasteiger partial charge in [0.1, 0.15) is 0 Å². The van der Waals surface area contributed by atoms with E-state index in [9.17, 15) is 9.59 Å². The molecule has 0 fully saturated rings. The summed E-state index contributed by atoms with van der Waals surface area (Å²) in [6.07, 6.45) is 0.324. The van der Waals surface area contributed by atoms with Crippen LogP contribution < -0.4 is 10.2 Å². The number of rotatable bonds is 3. The smallest absolute Gasteiger partial charge is 0.411 e. The third-order valence-electron chi connectivity index (χ3n) is 4.06. The van der Waals surface area contributed by atoms with Crippen LogP contribution in [0.4, 0.5) is 16.2 Å². The molecule has 0 spiro atoms. The van der Waals surface area contributed by atoms with Crippen molar-refractivity contribution in [3.05, 3.63) is 59.7 Å². The topological polar surface area (TPSA) is 58.6 Å². The van der Waals surface area contributed by atoms with Gasteiger partial charge < -0.3 is 9.64 Å². The van der Waals surface area contributed by atoms with E-state index in [0.717, 1.165) is 12.1 Å². The van der Waals surface area contributed by atoms with Crippen LogP contribution in [0.2, 0.25) is 0 Å². The number of nitrogens with one attached hydrogen (secondary N) is 1. The molecule has 1 aliphatic rings. The summed E-state index contributed by atoms with van der Waals surface area (Å²) in [5.74, 6) is -0.0695. The number of carbonyl (C=O) groups excluding carboxylic acids is 2. The first-order chi connectivity index (χ1) is 11.6. The van der Waals surface area contributed by atoms with Gasteiger partial charge in [-0.1, -0.05) is 24.3 Å². The van der Waals surface area contributed by atoms with Crippen molar-refractivity contribution in [3.8, 4) is 0 Å². The first kappa shape index (κ1) is 16.1. The fraction of sp³-hybridized carbons (Fsp3) is 0.263.